The molecule has 1 aromatic carbocycles. The van der Waals surface area contributed by atoms with E-state index in [0.29, 0.717) is 6.42 Å². The lowest BCUT2D eigenvalue weighted by atomic mass is 10.1. The van der Waals surface area contributed by atoms with Crippen molar-refractivity contribution in [3.8, 4) is 0 Å². The van der Waals surface area contributed by atoms with Crippen LogP contribution in [0.3, 0.4) is 0 Å². The van der Waals surface area contributed by atoms with Gasteiger partial charge in [0.2, 0.25) is 0 Å². The normalized spacial score (nSPS) is 15.7. The summed E-state index contributed by atoms with van der Waals surface area (Å²) in [6.07, 6.45) is 3.91. The van der Waals surface area contributed by atoms with Crippen LogP contribution in [0.15, 0.2) is 24.3 Å². The average Bonchev–Trinajstić information content (AvgIpc) is 2.39. The molecule has 0 unspecified atom stereocenters. The number of halogens is 1. The summed E-state index contributed by atoms with van der Waals surface area (Å²) in [5.41, 5.74) is 0.808. The number of nitrogens with zero attached hydrogens (tertiary/aromatic N) is 1. The Balaban J connectivity index is 2.13. The van der Waals surface area contributed by atoms with Crippen LogP contribution in [0.5, 0.6) is 0 Å². The number of hydrogen-bond acceptors (Lipinski definition) is 3. The lowest BCUT2D eigenvalue weighted by molar-refractivity contribution is -0.125. The molecule has 2 rings (SSSR count). The third kappa shape index (κ3) is 3.36. The first-order valence-corrected chi connectivity index (χ1v) is 8.30. The molecular formula is C14H15FN2O3S. The first-order chi connectivity index (χ1) is 9.90. The van der Waals surface area contributed by atoms with Gasteiger partial charge in [-0.1, -0.05) is 12.1 Å². The van der Waals surface area contributed by atoms with Gasteiger partial charge in [0.15, 0.2) is 0 Å². The smallest absolute Gasteiger partial charge is 0.273 e. The number of benzene rings is 1. The van der Waals surface area contributed by atoms with Crippen LogP contribution in [-0.4, -0.2) is 46.7 Å². The van der Waals surface area contributed by atoms with Crippen molar-refractivity contribution in [1.82, 2.24) is 10.2 Å². The number of barbiturate groups is 1. The Labute approximate surface area is 124 Å². The Morgan fingerprint density at radius 1 is 1.14 bits per heavy atom. The second-order valence-electron chi connectivity index (χ2n) is 4.74. The highest BCUT2D eigenvalue weighted by Gasteiger charge is 2.36. The molecule has 21 heavy (non-hydrogen) atoms. The average molecular weight is 310 g/mol. The van der Waals surface area contributed by atoms with Gasteiger partial charge >= 0.3 is 6.03 Å². The fourth-order valence-corrected chi connectivity index (χ4v) is 2.87. The van der Waals surface area contributed by atoms with E-state index >= 15 is 0 Å². The Hall–Kier alpha value is -2.02. The summed E-state index contributed by atoms with van der Waals surface area (Å²) < 4.78 is 12.8. The molecule has 4 amide bonds. The standard InChI is InChI=1S/C14H15FN2O3S/c1-21(2)11-12(18)16-14(20)17(13(11)19)8-7-9-3-5-10(15)6-4-9/h3-6H,7-8H2,1-2H3,(H,16,18,20). The summed E-state index contributed by atoms with van der Waals surface area (Å²) in [5.74, 6) is -1.50. The zero-order valence-corrected chi connectivity index (χ0v) is 12.5. The van der Waals surface area contributed by atoms with Crippen molar-refractivity contribution in [3.63, 3.8) is 0 Å². The zero-order valence-electron chi connectivity index (χ0n) is 11.7. The van der Waals surface area contributed by atoms with E-state index < -0.39 is 28.3 Å². The van der Waals surface area contributed by atoms with Crippen molar-refractivity contribution in [1.29, 1.82) is 0 Å². The lowest BCUT2D eigenvalue weighted by Crippen LogP contribution is -2.58. The molecule has 1 fully saturated rings. The van der Waals surface area contributed by atoms with Gasteiger partial charge in [-0.25, -0.2) is 9.18 Å². The fraction of sp³-hybridized carbons (Fsp3) is 0.286. The van der Waals surface area contributed by atoms with Crippen LogP contribution in [0, 0.1) is 5.82 Å². The van der Waals surface area contributed by atoms with E-state index in [-0.39, 0.29) is 17.2 Å². The van der Waals surface area contributed by atoms with Crippen molar-refractivity contribution in [2.45, 2.75) is 6.42 Å². The first-order valence-electron chi connectivity index (χ1n) is 6.26. The number of urea groups is 1. The Morgan fingerprint density at radius 2 is 1.76 bits per heavy atom. The highest BCUT2D eigenvalue weighted by Crippen LogP contribution is 2.12. The molecule has 0 spiro atoms. The van der Waals surface area contributed by atoms with Gasteiger partial charge in [-0.3, -0.25) is 19.8 Å². The quantitative estimate of drug-likeness (QED) is 0.852. The number of carbonyl (C=O) groups is 3. The minimum atomic E-state index is -0.707. The third-order valence-electron chi connectivity index (χ3n) is 3.06. The van der Waals surface area contributed by atoms with Gasteiger partial charge in [0, 0.05) is 6.54 Å². The molecule has 7 heteroatoms. The Kier molecular flexibility index (Phi) is 4.52. The summed E-state index contributed by atoms with van der Waals surface area (Å²) in [6, 6.07) is 5.14. The molecule has 1 aliphatic rings. The number of amides is 4. The van der Waals surface area contributed by atoms with Crippen molar-refractivity contribution in [2.24, 2.45) is 0 Å². The second-order valence-corrected chi connectivity index (χ2v) is 6.78. The van der Waals surface area contributed by atoms with Crippen LogP contribution in [0.1, 0.15) is 5.56 Å². The van der Waals surface area contributed by atoms with Crippen LogP contribution in [0.4, 0.5) is 9.18 Å². The molecule has 0 radical (unpaired) electrons. The van der Waals surface area contributed by atoms with E-state index in [1.54, 1.807) is 24.6 Å². The fourth-order valence-electron chi connectivity index (χ4n) is 1.99. The SMILES string of the molecule is CS(C)=C1C(=O)NC(=O)N(CCc2ccc(F)cc2)C1=O. The van der Waals surface area contributed by atoms with E-state index in [4.69, 9.17) is 0 Å². The topological polar surface area (TPSA) is 66.5 Å². The minimum Gasteiger partial charge on any atom is -0.273 e. The molecule has 112 valence electrons. The zero-order chi connectivity index (χ0) is 15.6. The maximum atomic E-state index is 12.8. The van der Waals surface area contributed by atoms with E-state index in [1.165, 1.54) is 12.1 Å². The molecule has 0 bridgehead atoms. The van der Waals surface area contributed by atoms with Gasteiger partial charge in [0.25, 0.3) is 11.8 Å². The van der Waals surface area contributed by atoms with E-state index in [9.17, 15) is 18.8 Å². The molecule has 0 saturated carbocycles. The summed E-state index contributed by atoms with van der Waals surface area (Å²) in [4.78, 5) is 36.8. The van der Waals surface area contributed by atoms with Gasteiger partial charge in [0.05, 0.1) is 0 Å². The second kappa shape index (κ2) is 6.17. The van der Waals surface area contributed by atoms with E-state index in [1.807, 2.05) is 0 Å². The monoisotopic (exact) mass is 310 g/mol. The number of nitrogens with one attached hydrogen (secondary N) is 1. The summed E-state index contributed by atoms with van der Waals surface area (Å²) in [5, 5.41) is 2.17. The maximum Gasteiger partial charge on any atom is 0.331 e. The van der Waals surface area contributed by atoms with Crippen LogP contribution < -0.4 is 5.32 Å². The van der Waals surface area contributed by atoms with Gasteiger partial charge in [0.1, 0.15) is 10.7 Å². The molecule has 1 aliphatic heterocycles. The predicted octanol–water partition coefficient (Wildman–Crippen LogP) is 1.15. The minimum absolute atomic E-state index is 0.105. The molecule has 1 heterocycles. The number of rotatable bonds is 3. The third-order valence-corrected chi connectivity index (χ3v) is 4.23. The highest BCUT2D eigenvalue weighted by molar-refractivity contribution is 8.16. The number of imide groups is 2. The van der Waals surface area contributed by atoms with Gasteiger partial charge in [-0.15, -0.1) is 0 Å². The van der Waals surface area contributed by atoms with Crippen molar-refractivity contribution >= 4 is 33.2 Å². The predicted molar refractivity (Wildman–Crippen MR) is 79.8 cm³/mol. The van der Waals surface area contributed by atoms with E-state index in [2.05, 4.69) is 5.32 Å². The lowest BCUT2D eigenvalue weighted by Gasteiger charge is -2.27. The number of carbonyl (C=O) groups excluding carboxylic acids is 3. The molecule has 0 atom stereocenters. The van der Waals surface area contributed by atoms with Crippen LogP contribution in [0.25, 0.3) is 0 Å². The van der Waals surface area contributed by atoms with Crippen LogP contribution >= 0.6 is 10.5 Å². The number of hydrogen-bond donors (Lipinski definition) is 1. The molecule has 0 aromatic heterocycles. The summed E-state index contributed by atoms with van der Waals surface area (Å²) >= 11 is 0. The molecule has 5 nitrogen and oxygen atoms in total. The Bertz CT molecular complexity index is 636. The van der Waals surface area contributed by atoms with Crippen molar-refractivity contribution in [3.05, 3.63) is 35.6 Å². The van der Waals surface area contributed by atoms with Gasteiger partial charge < -0.3 is 0 Å². The molecule has 1 N–H and O–H groups in total. The Morgan fingerprint density at radius 3 is 2.33 bits per heavy atom. The maximum absolute atomic E-state index is 12.8. The largest absolute Gasteiger partial charge is 0.331 e. The van der Waals surface area contributed by atoms with E-state index in [0.717, 1.165) is 10.5 Å². The van der Waals surface area contributed by atoms with Crippen molar-refractivity contribution in [2.75, 3.05) is 19.1 Å². The summed E-state index contributed by atoms with van der Waals surface area (Å²) in [6.45, 7) is 0.143. The van der Waals surface area contributed by atoms with Crippen LogP contribution in [0.2, 0.25) is 0 Å². The van der Waals surface area contributed by atoms with Crippen LogP contribution in [-0.2, 0) is 16.0 Å². The molecule has 1 aromatic rings. The molecular weight excluding hydrogens is 295 g/mol. The van der Waals surface area contributed by atoms with Gasteiger partial charge in [-0.2, -0.15) is 10.5 Å². The molecule has 1 saturated heterocycles. The highest BCUT2D eigenvalue weighted by atomic mass is 32.2. The van der Waals surface area contributed by atoms with Gasteiger partial charge in [-0.05, 0) is 36.6 Å². The van der Waals surface area contributed by atoms with Crippen molar-refractivity contribution < 1.29 is 18.8 Å². The first kappa shape index (κ1) is 15.4. The summed E-state index contributed by atoms with van der Waals surface area (Å²) in [7, 11) is -0.537. The molecule has 0 aliphatic carbocycles.